The molecule has 0 spiro atoms. The SMILES string of the molecule is Cc1cc(C#N)nc(N2CC(C)CC(C(=O)O)C2)n1. The van der Waals surface area contributed by atoms with Gasteiger partial charge in [-0.15, -0.1) is 0 Å². The summed E-state index contributed by atoms with van der Waals surface area (Å²) in [5.74, 6) is -0.470. The zero-order valence-electron chi connectivity index (χ0n) is 11.0. The van der Waals surface area contributed by atoms with Gasteiger partial charge in [0.05, 0.1) is 5.92 Å². The first-order valence-corrected chi connectivity index (χ1v) is 6.23. The molecule has 0 aromatic carbocycles. The van der Waals surface area contributed by atoms with Gasteiger partial charge in [-0.1, -0.05) is 6.92 Å². The van der Waals surface area contributed by atoms with Crippen molar-refractivity contribution in [3.63, 3.8) is 0 Å². The van der Waals surface area contributed by atoms with Crippen molar-refractivity contribution in [2.24, 2.45) is 11.8 Å². The van der Waals surface area contributed by atoms with Crippen LogP contribution in [0.15, 0.2) is 6.07 Å². The number of aromatic nitrogens is 2. The molecule has 2 unspecified atom stereocenters. The fourth-order valence-corrected chi connectivity index (χ4v) is 2.45. The number of aryl methyl sites for hydroxylation is 1. The number of nitriles is 1. The molecule has 0 amide bonds. The van der Waals surface area contributed by atoms with Crippen LogP contribution in [-0.4, -0.2) is 34.1 Å². The van der Waals surface area contributed by atoms with Gasteiger partial charge in [-0.05, 0) is 25.3 Å². The van der Waals surface area contributed by atoms with Crippen LogP contribution >= 0.6 is 0 Å². The lowest BCUT2D eigenvalue weighted by molar-refractivity contribution is -0.142. The summed E-state index contributed by atoms with van der Waals surface area (Å²) in [6.07, 6.45) is 0.669. The molecule has 1 N–H and O–H groups in total. The van der Waals surface area contributed by atoms with Gasteiger partial charge in [0.1, 0.15) is 11.8 Å². The first-order valence-electron chi connectivity index (χ1n) is 6.23. The van der Waals surface area contributed by atoms with Gasteiger partial charge in [0.25, 0.3) is 0 Å². The molecule has 1 fully saturated rings. The molecule has 2 atom stereocenters. The highest BCUT2D eigenvalue weighted by Crippen LogP contribution is 2.24. The van der Waals surface area contributed by atoms with Gasteiger partial charge in [0.15, 0.2) is 0 Å². The monoisotopic (exact) mass is 260 g/mol. The summed E-state index contributed by atoms with van der Waals surface area (Å²) in [6, 6.07) is 3.61. The topological polar surface area (TPSA) is 90.1 Å². The number of piperidine rings is 1. The number of rotatable bonds is 2. The maximum absolute atomic E-state index is 11.1. The highest BCUT2D eigenvalue weighted by atomic mass is 16.4. The lowest BCUT2D eigenvalue weighted by Crippen LogP contribution is -2.43. The molecular weight excluding hydrogens is 244 g/mol. The Kier molecular flexibility index (Phi) is 3.65. The molecule has 2 heterocycles. The molecule has 2 rings (SSSR count). The van der Waals surface area contributed by atoms with E-state index in [0.29, 0.717) is 30.3 Å². The number of carbonyl (C=O) groups is 1. The zero-order chi connectivity index (χ0) is 14.0. The second kappa shape index (κ2) is 5.22. The number of carboxylic acid groups (broad SMARTS) is 1. The number of hydrogen-bond donors (Lipinski definition) is 1. The van der Waals surface area contributed by atoms with E-state index in [1.54, 1.807) is 13.0 Å². The van der Waals surface area contributed by atoms with E-state index >= 15 is 0 Å². The van der Waals surface area contributed by atoms with Crippen molar-refractivity contribution in [2.45, 2.75) is 20.3 Å². The van der Waals surface area contributed by atoms with E-state index in [1.807, 2.05) is 17.9 Å². The van der Waals surface area contributed by atoms with Crippen LogP contribution in [0.4, 0.5) is 5.95 Å². The zero-order valence-corrected chi connectivity index (χ0v) is 11.0. The Morgan fingerprint density at radius 3 is 2.89 bits per heavy atom. The summed E-state index contributed by atoms with van der Waals surface area (Å²) in [4.78, 5) is 21.5. The summed E-state index contributed by atoms with van der Waals surface area (Å²) in [5.41, 5.74) is 1.03. The molecule has 0 aliphatic carbocycles. The van der Waals surface area contributed by atoms with Gasteiger partial charge in [-0.3, -0.25) is 4.79 Å². The van der Waals surface area contributed by atoms with Crippen LogP contribution in [0.2, 0.25) is 0 Å². The Labute approximate surface area is 111 Å². The van der Waals surface area contributed by atoms with E-state index in [9.17, 15) is 4.79 Å². The first-order chi connectivity index (χ1) is 8.99. The van der Waals surface area contributed by atoms with Crippen molar-refractivity contribution >= 4 is 11.9 Å². The van der Waals surface area contributed by atoms with Gasteiger partial charge in [0, 0.05) is 18.8 Å². The lowest BCUT2D eigenvalue weighted by Gasteiger charge is -2.34. The Bertz CT molecular complexity index is 538. The van der Waals surface area contributed by atoms with Crippen molar-refractivity contribution in [1.82, 2.24) is 9.97 Å². The van der Waals surface area contributed by atoms with Crippen molar-refractivity contribution in [3.8, 4) is 6.07 Å². The lowest BCUT2D eigenvalue weighted by atomic mass is 9.91. The maximum atomic E-state index is 11.1. The minimum Gasteiger partial charge on any atom is -0.481 e. The normalized spacial score (nSPS) is 22.9. The minimum atomic E-state index is -0.787. The summed E-state index contributed by atoms with van der Waals surface area (Å²) in [7, 11) is 0. The predicted molar refractivity (Wildman–Crippen MR) is 68.6 cm³/mol. The number of hydrogen-bond acceptors (Lipinski definition) is 5. The quantitative estimate of drug-likeness (QED) is 0.859. The van der Waals surface area contributed by atoms with Crippen LogP contribution in [0.1, 0.15) is 24.7 Å². The molecule has 100 valence electrons. The third kappa shape index (κ3) is 2.99. The Morgan fingerprint density at radius 1 is 1.53 bits per heavy atom. The molecule has 1 aromatic heterocycles. The second-order valence-corrected chi connectivity index (χ2v) is 5.09. The predicted octanol–water partition coefficient (Wildman–Crippen LogP) is 1.20. The Balaban J connectivity index is 2.28. The van der Waals surface area contributed by atoms with Gasteiger partial charge in [-0.25, -0.2) is 9.97 Å². The molecule has 1 saturated heterocycles. The van der Waals surface area contributed by atoms with Crippen molar-refractivity contribution in [3.05, 3.63) is 17.5 Å². The largest absolute Gasteiger partial charge is 0.481 e. The Morgan fingerprint density at radius 2 is 2.26 bits per heavy atom. The molecule has 0 radical (unpaired) electrons. The van der Waals surface area contributed by atoms with Gasteiger partial charge >= 0.3 is 5.97 Å². The van der Waals surface area contributed by atoms with Crippen molar-refractivity contribution < 1.29 is 9.90 Å². The standard InChI is InChI=1S/C13H16N4O2/c1-8-3-10(12(18)19)7-17(6-8)13-15-9(2)4-11(5-14)16-13/h4,8,10H,3,6-7H2,1-2H3,(H,18,19). The fraction of sp³-hybridized carbons (Fsp3) is 0.538. The van der Waals surface area contributed by atoms with Crippen LogP contribution < -0.4 is 4.90 Å². The molecule has 6 heteroatoms. The summed E-state index contributed by atoms with van der Waals surface area (Å²) in [5, 5.41) is 18.1. The fourth-order valence-electron chi connectivity index (χ4n) is 2.45. The molecule has 0 bridgehead atoms. The summed E-state index contributed by atoms with van der Waals surface area (Å²) < 4.78 is 0. The van der Waals surface area contributed by atoms with Gasteiger partial charge in [0.2, 0.25) is 5.95 Å². The van der Waals surface area contributed by atoms with Gasteiger partial charge in [-0.2, -0.15) is 5.26 Å². The molecule has 6 nitrogen and oxygen atoms in total. The van der Waals surface area contributed by atoms with Crippen LogP contribution in [0.5, 0.6) is 0 Å². The molecule has 1 aliphatic rings. The minimum absolute atomic E-state index is 0.268. The van der Waals surface area contributed by atoms with E-state index in [1.165, 1.54) is 0 Å². The Hall–Kier alpha value is -2.16. The average molecular weight is 260 g/mol. The molecule has 19 heavy (non-hydrogen) atoms. The number of aliphatic carboxylic acids is 1. The second-order valence-electron chi connectivity index (χ2n) is 5.09. The highest BCUT2D eigenvalue weighted by Gasteiger charge is 2.30. The number of nitrogens with zero attached hydrogens (tertiary/aromatic N) is 4. The summed E-state index contributed by atoms with van der Waals surface area (Å²) in [6.45, 7) is 4.93. The van der Waals surface area contributed by atoms with Crippen molar-refractivity contribution in [2.75, 3.05) is 18.0 Å². The molecule has 1 aliphatic heterocycles. The highest BCUT2D eigenvalue weighted by molar-refractivity contribution is 5.71. The van der Waals surface area contributed by atoms with E-state index < -0.39 is 11.9 Å². The molecule has 1 aromatic rings. The maximum Gasteiger partial charge on any atom is 0.308 e. The van der Waals surface area contributed by atoms with Crippen LogP contribution in [0, 0.1) is 30.1 Å². The third-order valence-electron chi connectivity index (χ3n) is 3.25. The van der Waals surface area contributed by atoms with E-state index in [4.69, 9.17) is 10.4 Å². The van der Waals surface area contributed by atoms with Crippen LogP contribution in [0.3, 0.4) is 0 Å². The molecular formula is C13H16N4O2. The van der Waals surface area contributed by atoms with E-state index in [0.717, 1.165) is 6.54 Å². The van der Waals surface area contributed by atoms with E-state index in [2.05, 4.69) is 9.97 Å². The van der Waals surface area contributed by atoms with Crippen molar-refractivity contribution in [1.29, 1.82) is 5.26 Å². The third-order valence-corrected chi connectivity index (χ3v) is 3.25. The first kappa shape index (κ1) is 13.3. The smallest absolute Gasteiger partial charge is 0.308 e. The number of anilines is 1. The number of carboxylic acids is 1. The van der Waals surface area contributed by atoms with Gasteiger partial charge < -0.3 is 10.0 Å². The van der Waals surface area contributed by atoms with Crippen LogP contribution in [-0.2, 0) is 4.79 Å². The van der Waals surface area contributed by atoms with E-state index in [-0.39, 0.29) is 5.92 Å². The van der Waals surface area contributed by atoms with Crippen LogP contribution in [0.25, 0.3) is 0 Å². The summed E-state index contributed by atoms with van der Waals surface area (Å²) >= 11 is 0. The average Bonchev–Trinajstić information content (AvgIpc) is 2.37. The molecule has 0 saturated carbocycles.